The molecule has 7 aromatic heterocycles. The van der Waals surface area contributed by atoms with Gasteiger partial charge in [-0.2, -0.15) is 32.1 Å². The van der Waals surface area contributed by atoms with E-state index in [1.54, 1.807) is 35.0 Å². The van der Waals surface area contributed by atoms with E-state index < -0.39 is 29.5 Å². The van der Waals surface area contributed by atoms with Gasteiger partial charge in [0.15, 0.2) is 11.3 Å². The number of rotatable bonds is 3. The topological polar surface area (TPSA) is 125 Å². The average Bonchev–Trinajstić information content (AvgIpc) is 3.62. The lowest BCUT2D eigenvalue weighted by molar-refractivity contribution is -0.137. The van der Waals surface area contributed by atoms with Gasteiger partial charge in [-0.15, -0.1) is 0 Å². The Morgan fingerprint density at radius 2 is 1.16 bits per heavy atom. The number of pyridine rings is 3. The minimum atomic E-state index is -4.63. The lowest BCUT2D eigenvalue weighted by Crippen LogP contribution is -2.10. The summed E-state index contributed by atoms with van der Waals surface area (Å²) < 4.78 is 68.0. The minimum absolute atomic E-state index is 0.148. The summed E-state index contributed by atoms with van der Waals surface area (Å²) in [5.74, 6) is -1.75. The number of anilines is 1. The van der Waals surface area contributed by atoms with Crippen molar-refractivity contribution in [3.8, 4) is 33.8 Å². The second-order valence-electron chi connectivity index (χ2n) is 9.10. The molecule has 44 heavy (non-hydrogen) atoms. The number of nitrogens with zero attached hydrogens (tertiary/aromatic N) is 9. The molecule has 0 spiro atoms. The monoisotopic (exact) mass is 622 g/mol. The molecule has 0 radical (unpaired) electrons. The van der Waals surface area contributed by atoms with Gasteiger partial charge in [0, 0.05) is 35.3 Å². The van der Waals surface area contributed by atoms with E-state index in [1.807, 2.05) is 0 Å². The van der Waals surface area contributed by atoms with Crippen molar-refractivity contribution >= 4 is 28.7 Å². The number of alkyl halides is 3. The first-order chi connectivity index (χ1) is 21.1. The summed E-state index contributed by atoms with van der Waals surface area (Å²) in [5.41, 5.74) is 8.36. The van der Waals surface area contributed by atoms with Gasteiger partial charge in [0.25, 0.3) is 0 Å². The molecule has 0 amide bonds. The Morgan fingerprint density at radius 3 is 1.70 bits per heavy atom. The maximum atomic E-state index is 13.1. The summed E-state index contributed by atoms with van der Waals surface area (Å²) in [6.45, 7) is 0. The predicted molar refractivity (Wildman–Crippen MR) is 150 cm³/mol. The molecule has 16 heteroatoms. The number of aromatic nitrogens is 9. The number of nitrogens with two attached hydrogens (primary N) is 1. The molecule has 2 N–H and O–H groups in total. The lowest BCUT2D eigenvalue weighted by atomic mass is 10.1. The SMILES string of the molecule is Fc1ccc(-c2cnc3ccc(Cl)nn23)cn1.Nc1ncc(-c2ccc3ncc(-c4ccc(F)nc4)n3n2)cc1C(F)(F)F. The fourth-order valence-corrected chi connectivity index (χ4v) is 4.31. The molecular weight excluding hydrogens is 607 g/mol. The van der Waals surface area contributed by atoms with E-state index in [4.69, 9.17) is 17.3 Å². The van der Waals surface area contributed by atoms with Crippen LogP contribution in [0.5, 0.6) is 0 Å². The Kier molecular flexibility index (Phi) is 7.30. The highest BCUT2D eigenvalue weighted by atomic mass is 35.5. The molecule has 220 valence electrons. The van der Waals surface area contributed by atoms with Gasteiger partial charge in [0.2, 0.25) is 11.9 Å². The van der Waals surface area contributed by atoms with Gasteiger partial charge in [-0.25, -0.2) is 34.0 Å². The summed E-state index contributed by atoms with van der Waals surface area (Å²) in [4.78, 5) is 19.2. The summed E-state index contributed by atoms with van der Waals surface area (Å²) in [7, 11) is 0. The summed E-state index contributed by atoms with van der Waals surface area (Å²) in [6.07, 6.45) is 2.50. The largest absolute Gasteiger partial charge is 0.419 e. The number of fused-ring (bicyclic) bond motifs is 2. The van der Waals surface area contributed by atoms with E-state index in [2.05, 4.69) is 35.1 Å². The van der Waals surface area contributed by atoms with Crippen molar-refractivity contribution in [2.45, 2.75) is 6.18 Å². The normalized spacial score (nSPS) is 11.5. The molecule has 0 saturated heterocycles. The molecule has 7 heterocycles. The van der Waals surface area contributed by atoms with E-state index in [0.29, 0.717) is 27.7 Å². The Bertz CT molecular complexity index is 2110. The quantitative estimate of drug-likeness (QED) is 0.183. The molecule has 0 aromatic carbocycles. The smallest absolute Gasteiger partial charge is 0.383 e. The van der Waals surface area contributed by atoms with Gasteiger partial charge < -0.3 is 5.73 Å². The number of imidazole rings is 2. The highest BCUT2D eigenvalue weighted by Gasteiger charge is 2.34. The Labute approximate surface area is 248 Å². The highest BCUT2D eigenvalue weighted by Crippen LogP contribution is 2.35. The van der Waals surface area contributed by atoms with Gasteiger partial charge >= 0.3 is 6.18 Å². The number of nitrogen functional groups attached to an aromatic ring is 1. The Morgan fingerprint density at radius 1 is 0.614 bits per heavy atom. The molecule has 0 bridgehead atoms. The third kappa shape index (κ3) is 5.72. The van der Waals surface area contributed by atoms with Crippen molar-refractivity contribution < 1.29 is 22.0 Å². The molecule has 7 rings (SSSR count). The van der Waals surface area contributed by atoms with Crippen molar-refractivity contribution in [1.82, 2.24) is 44.1 Å². The third-order valence-corrected chi connectivity index (χ3v) is 6.46. The molecule has 7 aromatic rings. The molecule has 0 atom stereocenters. The van der Waals surface area contributed by atoms with E-state index in [-0.39, 0.29) is 11.3 Å². The standard InChI is InChI=1S/C17H10F4N6.C11H6ClFN4/c18-14-3-1-9(6-23-14)13-8-24-15-4-2-12(26-27(13)15)10-5-11(17(19,20)21)16(22)25-7-10;12-9-2-4-11-15-6-8(17(11)16-9)7-1-3-10(13)14-5-7/h1-8H,(H2,22,25);1-6H. The van der Waals surface area contributed by atoms with Crippen molar-refractivity contribution in [2.24, 2.45) is 0 Å². The maximum Gasteiger partial charge on any atom is 0.419 e. The zero-order chi connectivity index (χ0) is 31.0. The molecular formula is C28H16ClF5N10. The predicted octanol–water partition coefficient (Wildman–Crippen LogP) is 6.18. The summed E-state index contributed by atoms with van der Waals surface area (Å²) in [6, 6.07) is 13.1. The summed E-state index contributed by atoms with van der Waals surface area (Å²) in [5, 5.41) is 8.84. The van der Waals surface area contributed by atoms with Crippen molar-refractivity contribution in [3.63, 3.8) is 0 Å². The number of hydrogen-bond donors (Lipinski definition) is 1. The first kappa shape index (κ1) is 28.5. The van der Waals surface area contributed by atoms with E-state index in [9.17, 15) is 22.0 Å². The molecule has 10 nitrogen and oxygen atoms in total. The second kappa shape index (κ2) is 11.3. The van der Waals surface area contributed by atoms with Crippen molar-refractivity contribution in [3.05, 3.63) is 108 Å². The first-order valence-corrected chi connectivity index (χ1v) is 12.9. The van der Waals surface area contributed by atoms with Crippen LogP contribution in [0.25, 0.3) is 45.1 Å². The summed E-state index contributed by atoms with van der Waals surface area (Å²) >= 11 is 5.82. The van der Waals surface area contributed by atoms with E-state index in [0.717, 1.165) is 17.3 Å². The van der Waals surface area contributed by atoms with Crippen molar-refractivity contribution in [1.29, 1.82) is 0 Å². The van der Waals surface area contributed by atoms with Gasteiger partial charge in [0.1, 0.15) is 11.0 Å². The van der Waals surface area contributed by atoms with Gasteiger partial charge in [-0.3, -0.25) is 0 Å². The van der Waals surface area contributed by atoms with Gasteiger partial charge in [-0.1, -0.05) is 11.6 Å². The van der Waals surface area contributed by atoms with Crippen LogP contribution < -0.4 is 5.73 Å². The minimum Gasteiger partial charge on any atom is -0.383 e. The maximum absolute atomic E-state index is 13.1. The fourth-order valence-electron chi connectivity index (χ4n) is 4.17. The highest BCUT2D eigenvalue weighted by molar-refractivity contribution is 6.29. The van der Waals surface area contributed by atoms with Crippen LogP contribution in [0.15, 0.2) is 85.6 Å². The van der Waals surface area contributed by atoms with E-state index in [1.165, 1.54) is 53.6 Å². The molecule has 0 aliphatic rings. The van der Waals surface area contributed by atoms with Crippen LogP contribution in [0, 0.1) is 11.9 Å². The van der Waals surface area contributed by atoms with Crippen LogP contribution in [0.4, 0.5) is 27.8 Å². The molecule has 0 saturated carbocycles. The molecule has 0 fully saturated rings. The van der Waals surface area contributed by atoms with Crippen LogP contribution in [0.3, 0.4) is 0 Å². The third-order valence-electron chi connectivity index (χ3n) is 6.26. The number of halogens is 6. The van der Waals surface area contributed by atoms with Crippen LogP contribution in [-0.4, -0.2) is 44.1 Å². The van der Waals surface area contributed by atoms with Crippen molar-refractivity contribution in [2.75, 3.05) is 5.73 Å². The lowest BCUT2D eigenvalue weighted by Gasteiger charge is -2.11. The molecule has 0 aliphatic carbocycles. The van der Waals surface area contributed by atoms with Crippen LogP contribution >= 0.6 is 11.6 Å². The number of hydrogen-bond acceptors (Lipinski definition) is 8. The van der Waals surface area contributed by atoms with Crippen LogP contribution in [0.2, 0.25) is 5.15 Å². The Balaban J connectivity index is 0.000000173. The van der Waals surface area contributed by atoms with Gasteiger partial charge in [0.05, 0.1) is 35.0 Å². The molecule has 0 unspecified atom stereocenters. The van der Waals surface area contributed by atoms with E-state index >= 15 is 0 Å². The van der Waals surface area contributed by atoms with Crippen LogP contribution in [0.1, 0.15) is 5.56 Å². The van der Waals surface area contributed by atoms with Gasteiger partial charge in [-0.05, 0) is 54.6 Å². The second-order valence-corrected chi connectivity index (χ2v) is 9.48. The fraction of sp³-hybridized carbons (Fsp3) is 0.0357. The zero-order valence-corrected chi connectivity index (χ0v) is 22.7. The molecule has 0 aliphatic heterocycles. The zero-order valence-electron chi connectivity index (χ0n) is 22.0. The van der Waals surface area contributed by atoms with Crippen LogP contribution in [-0.2, 0) is 6.18 Å². The Hall–Kier alpha value is -5.57. The average molecular weight is 623 g/mol. The first-order valence-electron chi connectivity index (χ1n) is 12.5.